The van der Waals surface area contributed by atoms with E-state index in [1.165, 1.54) is 6.07 Å². The summed E-state index contributed by atoms with van der Waals surface area (Å²) in [6.45, 7) is 0.0928. The lowest BCUT2D eigenvalue weighted by Gasteiger charge is -2.19. The molecular formula is C25H21F3N2O7. The summed E-state index contributed by atoms with van der Waals surface area (Å²) in [5.74, 6) is 0.470. The van der Waals surface area contributed by atoms with Gasteiger partial charge in [0.25, 0.3) is 5.56 Å². The highest BCUT2D eigenvalue weighted by molar-refractivity contribution is 5.93. The lowest BCUT2D eigenvalue weighted by molar-refractivity contribution is -0.140. The molecule has 0 bridgehead atoms. The number of rotatable bonds is 8. The maximum absolute atomic E-state index is 13.7. The Morgan fingerprint density at radius 1 is 1.16 bits per heavy atom. The third-order valence-electron chi connectivity index (χ3n) is 5.62. The van der Waals surface area contributed by atoms with Gasteiger partial charge in [-0.05, 0) is 17.7 Å². The van der Waals surface area contributed by atoms with E-state index in [-0.39, 0.29) is 30.8 Å². The molecule has 2 aromatic heterocycles. The monoisotopic (exact) mass is 518 g/mol. The topological polar surface area (TPSA) is 102 Å². The zero-order valence-corrected chi connectivity index (χ0v) is 19.2. The number of hydrogen-bond donors (Lipinski definition) is 0. The van der Waals surface area contributed by atoms with E-state index < -0.39 is 53.1 Å². The van der Waals surface area contributed by atoms with E-state index in [1.807, 2.05) is 30.3 Å². The van der Waals surface area contributed by atoms with E-state index in [0.29, 0.717) is 10.8 Å². The van der Waals surface area contributed by atoms with E-state index in [2.05, 4.69) is 5.92 Å². The predicted molar refractivity (Wildman–Crippen MR) is 122 cm³/mol. The first-order valence-corrected chi connectivity index (χ1v) is 11.1. The molecule has 0 spiro atoms. The van der Waals surface area contributed by atoms with Crippen LogP contribution in [0.1, 0.15) is 34.3 Å². The van der Waals surface area contributed by atoms with Gasteiger partial charge >= 0.3 is 17.8 Å². The van der Waals surface area contributed by atoms with Crippen molar-refractivity contribution >= 4 is 5.91 Å². The third kappa shape index (κ3) is 5.75. The van der Waals surface area contributed by atoms with E-state index in [0.717, 1.165) is 17.9 Å². The minimum absolute atomic E-state index is 0.0214. The largest absolute Gasteiger partial charge is 0.459 e. The first kappa shape index (κ1) is 26.2. The fourth-order valence-corrected chi connectivity index (χ4v) is 3.88. The third-order valence-corrected chi connectivity index (χ3v) is 5.62. The van der Waals surface area contributed by atoms with Crippen LogP contribution in [0.5, 0.6) is 0 Å². The molecule has 1 fully saturated rings. The van der Waals surface area contributed by atoms with Crippen LogP contribution in [0.15, 0.2) is 68.9 Å². The maximum Gasteiger partial charge on any atom is 0.423 e. The molecule has 12 heteroatoms. The van der Waals surface area contributed by atoms with Gasteiger partial charge in [0.2, 0.25) is 0 Å². The van der Waals surface area contributed by atoms with Crippen molar-refractivity contribution in [2.75, 3.05) is 13.2 Å². The summed E-state index contributed by atoms with van der Waals surface area (Å²) in [6.07, 6.45) is -1.40. The molecule has 4 rings (SSSR count). The van der Waals surface area contributed by atoms with Crippen LogP contribution >= 0.6 is 0 Å². The Morgan fingerprint density at radius 3 is 2.57 bits per heavy atom. The van der Waals surface area contributed by atoms with Crippen LogP contribution < -0.4 is 11.2 Å². The standard InChI is InChI=1S/C25H21F3N2O7/c1-2-10-35-19-12-21(37-20(19)15-34-14-16-7-4-3-5-8-16)29-13-17(25(26,27)28)22(31)30(24(29)33)23(32)18-9-6-11-36-18/h1,3-9,11,13,19-21H,10,12,14-15H2/t19-,20+,21+/m0/s1. The average Bonchev–Trinajstić information content (AvgIpc) is 3.53. The Labute approximate surface area is 208 Å². The second-order valence-corrected chi connectivity index (χ2v) is 8.07. The van der Waals surface area contributed by atoms with E-state index in [1.54, 1.807) is 0 Å². The molecule has 3 aromatic rings. The summed E-state index contributed by atoms with van der Waals surface area (Å²) in [7, 11) is 0. The van der Waals surface area contributed by atoms with E-state index in [9.17, 15) is 27.6 Å². The van der Waals surface area contributed by atoms with Crippen molar-refractivity contribution in [1.29, 1.82) is 0 Å². The summed E-state index contributed by atoms with van der Waals surface area (Å²) in [5.41, 5.74) is -3.99. The van der Waals surface area contributed by atoms with Crippen LogP contribution in [0.25, 0.3) is 0 Å². The Balaban J connectivity index is 1.66. The van der Waals surface area contributed by atoms with Crippen molar-refractivity contribution < 1.29 is 36.6 Å². The first-order valence-electron chi connectivity index (χ1n) is 11.1. The molecule has 9 nitrogen and oxygen atoms in total. The molecule has 1 aromatic carbocycles. The van der Waals surface area contributed by atoms with Gasteiger partial charge in [-0.15, -0.1) is 6.42 Å². The summed E-state index contributed by atoms with van der Waals surface area (Å²) in [4.78, 5) is 38.4. The highest BCUT2D eigenvalue weighted by Crippen LogP contribution is 2.32. The number of nitrogens with zero attached hydrogens (tertiary/aromatic N) is 2. The molecular weight excluding hydrogens is 497 g/mol. The number of alkyl halides is 3. The number of carbonyl (C=O) groups is 1. The SMILES string of the molecule is C#CCO[C@H]1C[C@H](n2cc(C(F)(F)F)c(=O)n(C(=O)c3ccco3)c2=O)O[C@@H]1COCc1ccccc1. The molecule has 37 heavy (non-hydrogen) atoms. The average molecular weight is 518 g/mol. The lowest BCUT2D eigenvalue weighted by Crippen LogP contribution is -2.47. The maximum atomic E-state index is 13.7. The molecule has 1 aliphatic rings. The summed E-state index contributed by atoms with van der Waals surface area (Å²) in [5, 5.41) is 0. The predicted octanol–water partition coefficient (Wildman–Crippen LogP) is 2.83. The van der Waals surface area contributed by atoms with E-state index in [4.69, 9.17) is 25.1 Å². The van der Waals surface area contributed by atoms with Gasteiger partial charge in [-0.25, -0.2) is 4.79 Å². The first-order chi connectivity index (χ1) is 17.7. The highest BCUT2D eigenvalue weighted by Gasteiger charge is 2.42. The van der Waals surface area contributed by atoms with Crippen LogP contribution in [-0.2, 0) is 27.0 Å². The fraction of sp³-hybridized carbons (Fsp3) is 0.320. The number of halogens is 3. The van der Waals surface area contributed by atoms with Crippen molar-refractivity contribution in [1.82, 2.24) is 9.13 Å². The van der Waals surface area contributed by atoms with Crippen molar-refractivity contribution in [2.45, 2.75) is 37.6 Å². The van der Waals surface area contributed by atoms with Crippen LogP contribution in [0.3, 0.4) is 0 Å². The van der Waals surface area contributed by atoms with E-state index >= 15 is 0 Å². The smallest absolute Gasteiger partial charge is 0.423 e. The molecule has 0 unspecified atom stereocenters. The van der Waals surface area contributed by atoms with Gasteiger partial charge in [-0.2, -0.15) is 17.7 Å². The molecule has 0 aliphatic carbocycles. The van der Waals surface area contributed by atoms with Crippen LogP contribution in [0, 0.1) is 12.3 Å². The Morgan fingerprint density at radius 2 is 1.92 bits per heavy atom. The minimum atomic E-state index is -5.16. The number of benzene rings is 1. The summed E-state index contributed by atoms with van der Waals surface area (Å²) >= 11 is 0. The second-order valence-electron chi connectivity index (χ2n) is 8.07. The molecule has 0 N–H and O–H groups in total. The van der Waals surface area contributed by atoms with Gasteiger partial charge in [0.1, 0.15) is 24.5 Å². The Bertz CT molecular complexity index is 1390. The number of carbonyl (C=O) groups excluding carboxylic acids is 1. The molecule has 3 heterocycles. The molecule has 0 saturated carbocycles. The number of terminal acetylenes is 1. The quantitative estimate of drug-likeness (QED) is 0.423. The van der Waals surface area contributed by atoms with Gasteiger partial charge in [-0.1, -0.05) is 36.3 Å². The number of furan rings is 1. The number of hydrogen-bond acceptors (Lipinski definition) is 7. The fourth-order valence-electron chi connectivity index (χ4n) is 3.88. The van der Waals surface area contributed by atoms with Gasteiger partial charge in [-0.3, -0.25) is 14.2 Å². The van der Waals surface area contributed by atoms with Gasteiger partial charge in [0.05, 0.1) is 25.6 Å². The molecule has 0 radical (unpaired) electrons. The Hall–Kier alpha value is -3.92. The second kappa shape index (κ2) is 11.0. The van der Waals surface area contributed by atoms with Crippen LogP contribution in [0.4, 0.5) is 13.2 Å². The minimum Gasteiger partial charge on any atom is -0.459 e. The molecule has 194 valence electrons. The van der Waals surface area contributed by atoms with Gasteiger partial charge in [0, 0.05) is 12.6 Å². The zero-order valence-electron chi connectivity index (χ0n) is 19.2. The van der Waals surface area contributed by atoms with Crippen LogP contribution in [0.2, 0.25) is 0 Å². The molecule has 1 aliphatic heterocycles. The van der Waals surface area contributed by atoms with Crippen molar-refractivity contribution in [3.8, 4) is 12.3 Å². The molecule has 3 atom stereocenters. The van der Waals surface area contributed by atoms with Gasteiger partial charge in [0.15, 0.2) is 5.76 Å². The summed E-state index contributed by atoms with van der Waals surface area (Å²) in [6, 6.07) is 11.6. The van der Waals surface area contributed by atoms with Crippen molar-refractivity contribution in [2.24, 2.45) is 0 Å². The summed E-state index contributed by atoms with van der Waals surface area (Å²) < 4.78 is 63.6. The lowest BCUT2D eigenvalue weighted by atomic mass is 10.2. The molecule has 1 saturated heterocycles. The highest BCUT2D eigenvalue weighted by atomic mass is 19.4. The van der Waals surface area contributed by atoms with Crippen molar-refractivity contribution in [3.63, 3.8) is 0 Å². The van der Waals surface area contributed by atoms with Gasteiger partial charge < -0.3 is 18.6 Å². The molecule has 0 amide bonds. The number of ether oxygens (including phenoxy) is 3. The zero-order chi connectivity index (χ0) is 26.6. The Kier molecular flexibility index (Phi) is 7.77. The number of aromatic nitrogens is 2. The van der Waals surface area contributed by atoms with Crippen molar-refractivity contribution in [3.05, 3.63) is 92.6 Å². The normalized spacial score (nSPS) is 19.6. The van der Waals surface area contributed by atoms with Crippen LogP contribution in [-0.4, -0.2) is 40.5 Å².